The molecule has 3 atom stereocenters. The molecule has 0 spiro atoms. The SMILES string of the molecule is CC(C)C1CCC(C(=O)O)C(c2ccncc2F)C1. The van der Waals surface area contributed by atoms with Crippen molar-refractivity contribution in [3.63, 3.8) is 0 Å². The molecule has 1 aliphatic rings. The lowest BCUT2D eigenvalue weighted by atomic mass is 9.68. The topological polar surface area (TPSA) is 50.2 Å². The van der Waals surface area contributed by atoms with Gasteiger partial charge in [-0.1, -0.05) is 13.8 Å². The van der Waals surface area contributed by atoms with Crippen LogP contribution in [0.2, 0.25) is 0 Å². The van der Waals surface area contributed by atoms with E-state index in [9.17, 15) is 14.3 Å². The van der Waals surface area contributed by atoms with Crippen LogP contribution in [0.3, 0.4) is 0 Å². The number of aromatic nitrogens is 1. The fourth-order valence-corrected chi connectivity index (χ4v) is 3.13. The van der Waals surface area contributed by atoms with Crippen LogP contribution >= 0.6 is 0 Å². The molecule has 1 aromatic rings. The zero-order valence-electron chi connectivity index (χ0n) is 11.3. The monoisotopic (exact) mass is 265 g/mol. The first-order valence-electron chi connectivity index (χ1n) is 6.83. The van der Waals surface area contributed by atoms with Gasteiger partial charge in [0.2, 0.25) is 0 Å². The van der Waals surface area contributed by atoms with Gasteiger partial charge in [0.05, 0.1) is 12.1 Å². The van der Waals surface area contributed by atoms with Gasteiger partial charge in [0.15, 0.2) is 0 Å². The van der Waals surface area contributed by atoms with Crippen LogP contribution in [0.5, 0.6) is 0 Å². The first kappa shape index (κ1) is 14.0. The molecule has 1 N–H and O–H groups in total. The Hall–Kier alpha value is -1.45. The summed E-state index contributed by atoms with van der Waals surface area (Å²) in [4.78, 5) is 15.1. The van der Waals surface area contributed by atoms with Gasteiger partial charge in [-0.25, -0.2) is 4.39 Å². The number of halogens is 1. The van der Waals surface area contributed by atoms with Crippen molar-refractivity contribution in [1.82, 2.24) is 4.98 Å². The molecule has 1 aromatic heterocycles. The first-order chi connectivity index (χ1) is 9.00. The number of carboxylic acids is 1. The number of nitrogens with zero attached hydrogens (tertiary/aromatic N) is 1. The van der Waals surface area contributed by atoms with Crippen LogP contribution in [-0.4, -0.2) is 16.1 Å². The van der Waals surface area contributed by atoms with Crippen LogP contribution < -0.4 is 0 Å². The summed E-state index contributed by atoms with van der Waals surface area (Å²) in [5.41, 5.74) is 0.507. The van der Waals surface area contributed by atoms with Gasteiger partial charge in [-0.2, -0.15) is 0 Å². The molecule has 0 radical (unpaired) electrons. The van der Waals surface area contributed by atoms with Gasteiger partial charge < -0.3 is 5.11 Å². The van der Waals surface area contributed by atoms with Crippen LogP contribution in [0.25, 0.3) is 0 Å². The lowest BCUT2D eigenvalue weighted by Gasteiger charge is -2.36. The van der Waals surface area contributed by atoms with Crippen LogP contribution in [0.15, 0.2) is 18.5 Å². The molecule has 1 fully saturated rings. The van der Waals surface area contributed by atoms with Crippen molar-refractivity contribution in [1.29, 1.82) is 0 Å². The quantitative estimate of drug-likeness (QED) is 0.910. The minimum absolute atomic E-state index is 0.235. The average Bonchev–Trinajstić information content (AvgIpc) is 2.38. The third kappa shape index (κ3) is 2.94. The predicted octanol–water partition coefficient (Wildman–Crippen LogP) is 3.46. The predicted molar refractivity (Wildman–Crippen MR) is 70.2 cm³/mol. The van der Waals surface area contributed by atoms with E-state index in [2.05, 4.69) is 18.8 Å². The molecule has 1 saturated carbocycles. The van der Waals surface area contributed by atoms with Gasteiger partial charge >= 0.3 is 5.97 Å². The highest BCUT2D eigenvalue weighted by molar-refractivity contribution is 5.71. The molecule has 0 saturated heterocycles. The number of hydrogen-bond donors (Lipinski definition) is 1. The van der Waals surface area contributed by atoms with E-state index < -0.39 is 11.9 Å². The lowest BCUT2D eigenvalue weighted by molar-refractivity contribution is -0.144. The standard InChI is InChI=1S/C15H20FNO2/c1-9(2)10-3-4-12(15(18)19)13(7-10)11-5-6-17-8-14(11)16/h5-6,8-10,12-13H,3-4,7H2,1-2H3,(H,18,19). The molecule has 3 nitrogen and oxygen atoms in total. The second-order valence-corrected chi connectivity index (χ2v) is 5.77. The normalized spacial score (nSPS) is 27.5. The van der Waals surface area contributed by atoms with E-state index in [1.54, 1.807) is 6.07 Å². The molecule has 0 bridgehead atoms. The van der Waals surface area contributed by atoms with E-state index in [1.165, 1.54) is 12.4 Å². The lowest BCUT2D eigenvalue weighted by Crippen LogP contribution is -2.31. The van der Waals surface area contributed by atoms with E-state index in [1.807, 2.05) is 0 Å². The highest BCUT2D eigenvalue weighted by Crippen LogP contribution is 2.43. The zero-order chi connectivity index (χ0) is 14.0. The van der Waals surface area contributed by atoms with Gasteiger partial charge in [0.1, 0.15) is 5.82 Å². The van der Waals surface area contributed by atoms with E-state index in [-0.39, 0.29) is 11.7 Å². The fourth-order valence-electron chi connectivity index (χ4n) is 3.13. The second-order valence-electron chi connectivity index (χ2n) is 5.77. The Kier molecular flexibility index (Phi) is 4.17. The van der Waals surface area contributed by atoms with E-state index in [0.717, 1.165) is 12.8 Å². The Morgan fingerprint density at radius 1 is 1.47 bits per heavy atom. The molecule has 0 aromatic carbocycles. The Labute approximate surface area is 112 Å². The third-order valence-electron chi connectivity index (χ3n) is 4.35. The van der Waals surface area contributed by atoms with E-state index >= 15 is 0 Å². The van der Waals surface area contributed by atoms with Gasteiger partial charge in [-0.15, -0.1) is 0 Å². The van der Waals surface area contributed by atoms with Gasteiger partial charge in [0, 0.05) is 12.1 Å². The van der Waals surface area contributed by atoms with Crippen molar-refractivity contribution in [3.8, 4) is 0 Å². The Balaban J connectivity index is 2.31. The minimum Gasteiger partial charge on any atom is -0.481 e. The smallest absolute Gasteiger partial charge is 0.307 e. The summed E-state index contributed by atoms with van der Waals surface area (Å²) in [6.45, 7) is 4.29. The Bertz CT molecular complexity index is 461. The molecule has 1 aliphatic carbocycles. The van der Waals surface area contributed by atoms with Crippen LogP contribution in [0, 0.1) is 23.6 Å². The van der Waals surface area contributed by atoms with Crippen molar-refractivity contribution in [2.24, 2.45) is 17.8 Å². The molecule has 3 unspecified atom stereocenters. The summed E-state index contributed by atoms with van der Waals surface area (Å²) in [6, 6.07) is 1.62. The Morgan fingerprint density at radius 2 is 2.21 bits per heavy atom. The van der Waals surface area contributed by atoms with Crippen molar-refractivity contribution in [2.45, 2.75) is 39.0 Å². The van der Waals surface area contributed by atoms with Crippen molar-refractivity contribution in [3.05, 3.63) is 29.8 Å². The van der Waals surface area contributed by atoms with Crippen molar-refractivity contribution >= 4 is 5.97 Å². The summed E-state index contributed by atoms with van der Waals surface area (Å²) in [6.07, 6.45) is 5.00. The van der Waals surface area contributed by atoms with Crippen LogP contribution in [0.1, 0.15) is 44.6 Å². The maximum absolute atomic E-state index is 13.9. The molecule has 0 amide bonds. The Morgan fingerprint density at radius 3 is 2.79 bits per heavy atom. The van der Waals surface area contributed by atoms with E-state index in [0.29, 0.717) is 23.8 Å². The average molecular weight is 265 g/mol. The number of rotatable bonds is 3. The fraction of sp³-hybridized carbons (Fsp3) is 0.600. The summed E-state index contributed by atoms with van der Waals surface area (Å²) in [5.74, 6) is -0.949. The van der Waals surface area contributed by atoms with Gasteiger partial charge in [-0.05, 0) is 42.7 Å². The highest BCUT2D eigenvalue weighted by atomic mass is 19.1. The molecule has 2 rings (SSSR count). The molecular formula is C15H20FNO2. The molecule has 19 heavy (non-hydrogen) atoms. The summed E-state index contributed by atoms with van der Waals surface area (Å²) >= 11 is 0. The molecular weight excluding hydrogens is 245 g/mol. The molecule has 4 heteroatoms. The molecule has 104 valence electrons. The van der Waals surface area contributed by atoms with Gasteiger partial charge in [0.25, 0.3) is 0 Å². The third-order valence-corrected chi connectivity index (χ3v) is 4.35. The number of carboxylic acid groups (broad SMARTS) is 1. The molecule has 0 aliphatic heterocycles. The summed E-state index contributed by atoms with van der Waals surface area (Å²) in [5, 5.41) is 9.35. The number of pyridine rings is 1. The van der Waals surface area contributed by atoms with Gasteiger partial charge in [-0.3, -0.25) is 9.78 Å². The second kappa shape index (κ2) is 5.68. The summed E-state index contributed by atoms with van der Waals surface area (Å²) in [7, 11) is 0. The number of aliphatic carboxylic acids is 1. The zero-order valence-corrected chi connectivity index (χ0v) is 11.3. The maximum atomic E-state index is 13.9. The van der Waals surface area contributed by atoms with Crippen LogP contribution in [0.4, 0.5) is 4.39 Å². The summed E-state index contributed by atoms with van der Waals surface area (Å²) < 4.78 is 13.9. The van der Waals surface area contributed by atoms with Crippen LogP contribution in [-0.2, 0) is 4.79 Å². The molecule has 1 heterocycles. The largest absolute Gasteiger partial charge is 0.481 e. The number of carbonyl (C=O) groups is 1. The minimum atomic E-state index is -0.816. The van der Waals surface area contributed by atoms with Crippen molar-refractivity contribution in [2.75, 3.05) is 0 Å². The van der Waals surface area contributed by atoms with Crippen molar-refractivity contribution < 1.29 is 14.3 Å². The first-order valence-corrected chi connectivity index (χ1v) is 6.83. The highest BCUT2D eigenvalue weighted by Gasteiger charge is 2.37. The van der Waals surface area contributed by atoms with E-state index in [4.69, 9.17) is 0 Å². The maximum Gasteiger partial charge on any atom is 0.307 e. The number of hydrogen-bond acceptors (Lipinski definition) is 2.